The average molecular weight is 297 g/mol. The fraction of sp³-hybridized carbons (Fsp3) is 0.882. The Kier molecular flexibility index (Phi) is 5.12. The minimum absolute atomic E-state index is 0.0352. The van der Waals surface area contributed by atoms with Crippen LogP contribution in [0.25, 0.3) is 0 Å². The van der Waals surface area contributed by atoms with Gasteiger partial charge in [-0.2, -0.15) is 0 Å². The summed E-state index contributed by atoms with van der Waals surface area (Å²) in [5.41, 5.74) is -2.11. The van der Waals surface area contributed by atoms with Crippen LogP contribution < -0.4 is 5.32 Å². The molecule has 0 atom stereocenters. The van der Waals surface area contributed by atoms with Crippen LogP contribution >= 0.6 is 0 Å². The Morgan fingerprint density at radius 3 is 2.00 bits per heavy atom. The normalized spacial score (nSPS) is 18.8. The second-order valence-electron chi connectivity index (χ2n) is 8.09. The number of aliphatic carboxylic acids is 1. The number of carboxylic acids is 1. The predicted molar refractivity (Wildman–Crippen MR) is 84.0 cm³/mol. The zero-order chi connectivity index (χ0) is 16.5. The first kappa shape index (κ1) is 18.0. The van der Waals surface area contributed by atoms with E-state index in [0.29, 0.717) is 5.92 Å². The van der Waals surface area contributed by atoms with E-state index in [9.17, 15) is 14.7 Å². The Labute approximate surface area is 128 Å². The van der Waals surface area contributed by atoms with Crippen molar-refractivity contribution in [3.8, 4) is 0 Å². The topological polar surface area (TPSA) is 66.4 Å². The molecular weight excluding hydrogens is 266 g/mol. The molecule has 0 saturated heterocycles. The highest BCUT2D eigenvalue weighted by molar-refractivity contribution is 5.85. The smallest absolute Gasteiger partial charge is 0.311 e. The Hall–Kier alpha value is -1.06. The molecule has 0 aromatic rings. The number of carboxylic acid groups (broad SMARTS) is 1. The van der Waals surface area contributed by atoms with Crippen molar-refractivity contribution in [3.63, 3.8) is 0 Å². The Morgan fingerprint density at radius 1 is 1.14 bits per heavy atom. The van der Waals surface area contributed by atoms with E-state index in [-0.39, 0.29) is 11.3 Å². The standard InChI is InChI=1S/C17H31NO3/c1-12(2)11-17(9-7-8-10-17)13(19)18-16(5,6)15(3,4)14(20)21/h12H,7-11H2,1-6H3,(H,18,19)(H,20,21). The highest BCUT2D eigenvalue weighted by Crippen LogP contribution is 2.44. The molecule has 1 amide bonds. The first-order valence-corrected chi connectivity index (χ1v) is 8.01. The lowest BCUT2D eigenvalue weighted by atomic mass is 9.72. The molecular formula is C17H31NO3. The molecule has 1 saturated carbocycles. The third-order valence-corrected chi connectivity index (χ3v) is 5.36. The number of hydrogen-bond donors (Lipinski definition) is 2. The van der Waals surface area contributed by atoms with Gasteiger partial charge in [-0.1, -0.05) is 26.7 Å². The molecule has 0 spiro atoms. The van der Waals surface area contributed by atoms with Crippen LogP contribution in [0.3, 0.4) is 0 Å². The molecule has 1 aliphatic carbocycles. The maximum atomic E-state index is 12.9. The number of nitrogens with one attached hydrogen (secondary N) is 1. The molecule has 21 heavy (non-hydrogen) atoms. The van der Waals surface area contributed by atoms with E-state index in [2.05, 4.69) is 19.2 Å². The molecule has 122 valence electrons. The molecule has 0 heterocycles. The van der Waals surface area contributed by atoms with Gasteiger partial charge in [-0.3, -0.25) is 9.59 Å². The summed E-state index contributed by atoms with van der Waals surface area (Å²) in [5, 5.41) is 12.5. The fourth-order valence-electron chi connectivity index (χ4n) is 3.20. The van der Waals surface area contributed by atoms with E-state index in [0.717, 1.165) is 32.1 Å². The highest BCUT2D eigenvalue weighted by atomic mass is 16.4. The molecule has 4 nitrogen and oxygen atoms in total. The second-order valence-corrected chi connectivity index (χ2v) is 8.09. The van der Waals surface area contributed by atoms with Crippen LogP contribution in [0.5, 0.6) is 0 Å². The lowest BCUT2D eigenvalue weighted by molar-refractivity contribution is -0.152. The summed E-state index contributed by atoms with van der Waals surface area (Å²) in [6, 6.07) is 0. The van der Waals surface area contributed by atoms with Crippen LogP contribution in [0.1, 0.15) is 73.6 Å². The fourth-order valence-corrected chi connectivity index (χ4v) is 3.20. The van der Waals surface area contributed by atoms with Gasteiger partial charge in [0.05, 0.1) is 5.41 Å². The predicted octanol–water partition coefficient (Wildman–Crippen LogP) is 3.60. The van der Waals surface area contributed by atoms with E-state index >= 15 is 0 Å². The average Bonchev–Trinajstić information content (AvgIpc) is 2.76. The van der Waals surface area contributed by atoms with E-state index < -0.39 is 16.9 Å². The van der Waals surface area contributed by atoms with E-state index in [1.165, 1.54) is 0 Å². The van der Waals surface area contributed by atoms with Crippen LogP contribution in [-0.2, 0) is 9.59 Å². The SMILES string of the molecule is CC(C)CC1(C(=O)NC(C)(C)C(C)(C)C(=O)O)CCCC1. The van der Waals surface area contributed by atoms with E-state index in [1.807, 2.05) is 0 Å². The Balaban J connectivity index is 2.94. The van der Waals surface area contributed by atoms with Crippen LogP contribution in [0.15, 0.2) is 0 Å². The van der Waals surface area contributed by atoms with Crippen molar-refractivity contribution < 1.29 is 14.7 Å². The monoisotopic (exact) mass is 297 g/mol. The number of carbonyl (C=O) groups is 2. The first-order valence-electron chi connectivity index (χ1n) is 8.01. The number of amides is 1. The molecule has 0 aromatic carbocycles. The van der Waals surface area contributed by atoms with Gasteiger partial charge in [0.1, 0.15) is 0 Å². The third kappa shape index (κ3) is 3.58. The quantitative estimate of drug-likeness (QED) is 0.787. The van der Waals surface area contributed by atoms with Crippen LogP contribution in [0.2, 0.25) is 0 Å². The van der Waals surface area contributed by atoms with Gasteiger partial charge >= 0.3 is 5.97 Å². The van der Waals surface area contributed by atoms with Crippen LogP contribution in [0, 0.1) is 16.7 Å². The highest BCUT2D eigenvalue weighted by Gasteiger charge is 2.48. The third-order valence-electron chi connectivity index (χ3n) is 5.36. The van der Waals surface area contributed by atoms with Gasteiger partial charge in [-0.25, -0.2) is 0 Å². The van der Waals surface area contributed by atoms with Gasteiger partial charge in [-0.15, -0.1) is 0 Å². The summed E-state index contributed by atoms with van der Waals surface area (Å²) in [5.74, 6) is -0.394. The Bertz CT molecular complexity index is 404. The number of rotatable bonds is 6. The largest absolute Gasteiger partial charge is 0.481 e. The lowest BCUT2D eigenvalue weighted by Gasteiger charge is -2.42. The molecule has 0 radical (unpaired) electrons. The van der Waals surface area contributed by atoms with Crippen molar-refractivity contribution >= 4 is 11.9 Å². The van der Waals surface area contributed by atoms with Crippen LogP contribution in [0.4, 0.5) is 0 Å². The molecule has 4 heteroatoms. The van der Waals surface area contributed by atoms with Crippen LogP contribution in [-0.4, -0.2) is 22.5 Å². The summed E-state index contributed by atoms with van der Waals surface area (Å²) < 4.78 is 0. The molecule has 1 fully saturated rings. The van der Waals surface area contributed by atoms with Crippen molar-refractivity contribution in [1.82, 2.24) is 5.32 Å². The minimum atomic E-state index is -1.01. The zero-order valence-corrected chi connectivity index (χ0v) is 14.4. The summed E-state index contributed by atoms with van der Waals surface area (Å²) >= 11 is 0. The second kappa shape index (κ2) is 5.98. The minimum Gasteiger partial charge on any atom is -0.481 e. The lowest BCUT2D eigenvalue weighted by Crippen LogP contribution is -2.59. The summed E-state index contributed by atoms with van der Waals surface area (Å²) in [4.78, 5) is 24.4. The van der Waals surface area contributed by atoms with Gasteiger partial charge in [0.2, 0.25) is 5.91 Å². The maximum Gasteiger partial charge on any atom is 0.311 e. The molecule has 0 unspecified atom stereocenters. The van der Waals surface area contributed by atoms with Gasteiger partial charge in [-0.05, 0) is 52.9 Å². The molecule has 0 bridgehead atoms. The van der Waals surface area contributed by atoms with E-state index in [4.69, 9.17) is 0 Å². The number of carbonyl (C=O) groups excluding carboxylic acids is 1. The Morgan fingerprint density at radius 2 is 1.62 bits per heavy atom. The molecule has 1 rings (SSSR count). The molecule has 0 aliphatic heterocycles. The molecule has 2 N–H and O–H groups in total. The van der Waals surface area contributed by atoms with Gasteiger partial charge in [0.25, 0.3) is 0 Å². The van der Waals surface area contributed by atoms with Crippen molar-refractivity contribution in [2.24, 2.45) is 16.7 Å². The maximum absolute atomic E-state index is 12.9. The van der Waals surface area contributed by atoms with Crippen molar-refractivity contribution in [1.29, 1.82) is 0 Å². The van der Waals surface area contributed by atoms with Gasteiger partial charge in [0, 0.05) is 11.0 Å². The summed E-state index contributed by atoms with van der Waals surface area (Å²) in [6.07, 6.45) is 4.88. The summed E-state index contributed by atoms with van der Waals surface area (Å²) in [6.45, 7) is 11.2. The van der Waals surface area contributed by atoms with Crippen molar-refractivity contribution in [2.75, 3.05) is 0 Å². The van der Waals surface area contributed by atoms with Gasteiger partial charge < -0.3 is 10.4 Å². The van der Waals surface area contributed by atoms with Gasteiger partial charge in [0.15, 0.2) is 0 Å². The van der Waals surface area contributed by atoms with Crippen molar-refractivity contribution in [3.05, 3.63) is 0 Å². The van der Waals surface area contributed by atoms with Crippen molar-refractivity contribution in [2.45, 2.75) is 79.2 Å². The first-order chi connectivity index (χ1) is 9.44. The summed E-state index contributed by atoms with van der Waals surface area (Å²) in [7, 11) is 0. The number of hydrogen-bond acceptors (Lipinski definition) is 2. The zero-order valence-electron chi connectivity index (χ0n) is 14.4. The molecule has 0 aromatic heterocycles. The van der Waals surface area contributed by atoms with E-state index in [1.54, 1.807) is 27.7 Å². The molecule has 1 aliphatic rings.